The first-order valence-electron chi connectivity index (χ1n) is 24.5. The van der Waals surface area contributed by atoms with Crippen LogP contribution in [0.4, 0.5) is 5.69 Å². The number of ether oxygens (including phenoxy) is 1. The number of epoxide rings is 1. The molecule has 8 bridgehead atoms. The first-order chi connectivity index (χ1) is 30.4. The molecule has 4 spiro atoms. The number of anilines is 1. The third-order valence-corrected chi connectivity index (χ3v) is 23.7. The van der Waals surface area contributed by atoms with Crippen LogP contribution in [0.3, 0.4) is 0 Å². The molecule has 7 N–H and O–H groups in total. The van der Waals surface area contributed by atoms with Crippen molar-refractivity contribution in [3.8, 4) is 5.75 Å². The molecule has 1 aromatic rings. The summed E-state index contributed by atoms with van der Waals surface area (Å²) in [4.78, 5) is 32.5. The van der Waals surface area contributed by atoms with E-state index in [0.29, 0.717) is 87.3 Å². The van der Waals surface area contributed by atoms with E-state index < -0.39 is 73.9 Å². The molecular formula is C51H69NO10S2. The third-order valence-electron chi connectivity index (χ3n) is 21.1. The molecule has 0 radical (unpaired) electrons. The van der Waals surface area contributed by atoms with Gasteiger partial charge in [-0.05, 0) is 147 Å². The number of rotatable bonds is 4. The molecule has 18 atom stereocenters. The fourth-order valence-corrected chi connectivity index (χ4v) is 20.8. The lowest BCUT2D eigenvalue weighted by Gasteiger charge is -2.71. The Morgan fingerprint density at radius 2 is 1.77 bits per heavy atom. The summed E-state index contributed by atoms with van der Waals surface area (Å²) in [5.74, 6) is -0.891. The molecular weight excluding hydrogens is 851 g/mol. The van der Waals surface area contributed by atoms with Gasteiger partial charge in [-0.2, -0.15) is 0 Å². The highest BCUT2D eigenvalue weighted by molar-refractivity contribution is 8.76. The monoisotopic (exact) mass is 919 g/mol. The van der Waals surface area contributed by atoms with Gasteiger partial charge in [0.2, 0.25) is 5.91 Å². The van der Waals surface area contributed by atoms with Crippen molar-refractivity contribution in [3.63, 3.8) is 0 Å². The number of nitrogens with zero attached hydrogens (tertiary/aromatic N) is 1. The molecule has 12 aliphatic rings. The molecule has 64 heavy (non-hydrogen) atoms. The van der Waals surface area contributed by atoms with Crippen molar-refractivity contribution < 1.29 is 50.1 Å². The molecule has 1 amide bonds. The Morgan fingerprint density at radius 3 is 2.53 bits per heavy atom. The van der Waals surface area contributed by atoms with Crippen molar-refractivity contribution in [1.29, 1.82) is 0 Å². The second-order valence-corrected chi connectivity index (χ2v) is 25.5. The average molecular weight is 920 g/mol. The molecule has 1 aromatic carbocycles. The van der Waals surface area contributed by atoms with Crippen LogP contribution in [-0.4, -0.2) is 107 Å². The Labute approximate surface area is 385 Å². The fourth-order valence-electron chi connectivity index (χ4n) is 17.7. The Kier molecular flexibility index (Phi) is 10.3. The van der Waals surface area contributed by atoms with Crippen LogP contribution in [0, 0.1) is 68.5 Å². The predicted molar refractivity (Wildman–Crippen MR) is 245 cm³/mol. The van der Waals surface area contributed by atoms with Crippen LogP contribution < -0.4 is 4.90 Å². The van der Waals surface area contributed by atoms with Gasteiger partial charge in [0, 0.05) is 47.4 Å². The summed E-state index contributed by atoms with van der Waals surface area (Å²) >= 11 is 0. The number of phenolic OH excluding ortho intramolecular Hbond substituents is 1. The minimum Gasteiger partial charge on any atom is -0.508 e. The summed E-state index contributed by atoms with van der Waals surface area (Å²) in [6.07, 6.45) is 9.49. The highest BCUT2D eigenvalue weighted by atomic mass is 33.1. The average Bonchev–Trinajstić information content (AvgIpc) is 3.84. The lowest BCUT2D eigenvalue weighted by molar-refractivity contribution is -0.235. The number of carbonyl (C=O) groups is 2. The number of amides is 1. The van der Waals surface area contributed by atoms with Crippen molar-refractivity contribution in [2.75, 3.05) is 23.8 Å². The summed E-state index contributed by atoms with van der Waals surface area (Å²) in [7, 11) is 2.68. The lowest BCUT2D eigenvalue weighted by Crippen LogP contribution is -2.74. The van der Waals surface area contributed by atoms with Crippen LogP contribution in [0.25, 0.3) is 0 Å². The lowest BCUT2D eigenvalue weighted by atomic mass is 9.34. The zero-order chi connectivity index (χ0) is 45.1. The first-order valence-corrected chi connectivity index (χ1v) is 26.9. The molecule has 2 saturated heterocycles. The smallest absolute Gasteiger partial charge is 0.233 e. The molecule has 7 fully saturated rings. The molecule has 18 unspecified atom stereocenters. The number of hydrogen-bond donors (Lipinski definition) is 7. The number of aryl methyl sites for hydroxylation is 1. The van der Waals surface area contributed by atoms with E-state index in [1.165, 1.54) is 21.6 Å². The number of hydrogen-bond acceptors (Lipinski definition) is 12. The Bertz CT molecular complexity index is 2190. The molecule has 5 heterocycles. The standard InChI is InChI=1S/C51H69NO10S2/c1-27(2)28(3)41-42(62-41)50(60)13-6-9-30-23-46-14-11-35-40(57)36(55)24-49(45(35,46)4)39(56)22-38(46)51(61)16-12-37(50)48(30,51)15-10-29-19-33(21-34(54)20-29)52-18-17-47(43(52)58)31(25-53)7-5-8-32(47)26-63-64-44(49)59/h6,9,19-22,27-28,30-32,35-37,40-42,44,53-55,57,59-61H,5,7-8,10-18,23-26H2,1-4H3. The van der Waals surface area contributed by atoms with Gasteiger partial charge in [-0.3, -0.25) is 9.59 Å². The summed E-state index contributed by atoms with van der Waals surface area (Å²) < 4.78 is 6.51. The van der Waals surface area contributed by atoms with E-state index in [1.54, 1.807) is 23.1 Å². The number of aromatic hydroxyl groups is 1. The predicted octanol–water partition coefficient (Wildman–Crippen LogP) is 6.09. The highest BCUT2D eigenvalue weighted by Gasteiger charge is 2.84. The van der Waals surface area contributed by atoms with Crippen LogP contribution in [0.15, 0.2) is 42.0 Å². The fraction of sp³-hybridized carbons (Fsp3) is 0.765. The SMILES string of the molecule is CC(C)C(C)C1OC1C1(O)CC=CC2CC34CCC5C(O)C(O)CC6(C(=O)C=C3C3(O)CCC1C23CCc1cc(O)cc(c1)N1CCC2(C1=O)C(CO)CCCC2CSSC6O)C54C. The van der Waals surface area contributed by atoms with Gasteiger partial charge in [0.25, 0.3) is 0 Å². The maximum Gasteiger partial charge on any atom is 0.233 e. The second kappa shape index (κ2) is 14.8. The molecule has 13 rings (SSSR count). The summed E-state index contributed by atoms with van der Waals surface area (Å²) in [6.45, 7) is 8.91. The van der Waals surface area contributed by atoms with E-state index in [4.69, 9.17) is 4.74 Å². The number of benzene rings is 1. The topological polar surface area (TPSA) is 192 Å². The quantitative estimate of drug-likeness (QED) is 0.105. The van der Waals surface area contributed by atoms with Crippen molar-refractivity contribution in [2.24, 2.45) is 68.5 Å². The van der Waals surface area contributed by atoms with Gasteiger partial charge in [-0.1, -0.05) is 67.9 Å². The van der Waals surface area contributed by atoms with Crippen LogP contribution in [0.2, 0.25) is 0 Å². The molecule has 0 aromatic heterocycles. The van der Waals surface area contributed by atoms with Crippen molar-refractivity contribution >= 4 is 39.0 Å². The van der Waals surface area contributed by atoms with Crippen LogP contribution in [-0.2, 0) is 20.7 Å². The molecule has 5 aliphatic heterocycles. The molecule has 7 aliphatic carbocycles. The van der Waals surface area contributed by atoms with Crippen LogP contribution in [0.1, 0.15) is 110 Å². The van der Waals surface area contributed by atoms with Gasteiger partial charge in [0.05, 0.1) is 34.7 Å². The summed E-state index contributed by atoms with van der Waals surface area (Å²) in [6, 6.07) is 5.40. The van der Waals surface area contributed by atoms with Gasteiger partial charge in [-0.15, -0.1) is 0 Å². The molecule has 13 heteroatoms. The Hall–Kier alpha value is -1.94. The number of carbonyl (C=O) groups excluding carboxylic acids is 2. The second-order valence-electron chi connectivity index (χ2n) is 23.0. The van der Waals surface area contributed by atoms with Gasteiger partial charge >= 0.3 is 0 Å². The van der Waals surface area contributed by atoms with E-state index >= 15 is 9.59 Å². The van der Waals surface area contributed by atoms with E-state index in [-0.39, 0.29) is 60.2 Å². The van der Waals surface area contributed by atoms with Gasteiger partial charge < -0.3 is 45.4 Å². The largest absolute Gasteiger partial charge is 0.508 e. The van der Waals surface area contributed by atoms with Crippen LogP contribution in [0.5, 0.6) is 5.75 Å². The number of aliphatic hydroxyl groups excluding tert-OH is 4. The molecule has 350 valence electrons. The number of allylic oxidation sites excluding steroid dienone is 2. The van der Waals surface area contributed by atoms with Crippen LogP contribution >= 0.6 is 21.6 Å². The van der Waals surface area contributed by atoms with E-state index in [0.717, 1.165) is 24.8 Å². The van der Waals surface area contributed by atoms with Gasteiger partial charge in [0.15, 0.2) is 5.78 Å². The maximum absolute atomic E-state index is 15.7. The van der Waals surface area contributed by atoms with E-state index in [9.17, 15) is 35.7 Å². The van der Waals surface area contributed by atoms with Crippen molar-refractivity contribution in [2.45, 2.75) is 152 Å². The van der Waals surface area contributed by atoms with E-state index in [1.807, 2.05) is 6.07 Å². The van der Waals surface area contributed by atoms with Crippen molar-refractivity contribution in [3.05, 3.63) is 47.6 Å². The molecule has 5 saturated carbocycles. The zero-order valence-corrected chi connectivity index (χ0v) is 39.5. The third kappa shape index (κ3) is 5.34. The molecule has 11 nitrogen and oxygen atoms in total. The number of phenols is 1. The van der Waals surface area contributed by atoms with Crippen molar-refractivity contribution in [1.82, 2.24) is 0 Å². The highest BCUT2D eigenvalue weighted by Crippen LogP contribution is 2.83. The zero-order valence-electron chi connectivity index (χ0n) is 37.8. The normalized spacial score (nSPS) is 50.9. The Morgan fingerprint density at radius 1 is 0.969 bits per heavy atom. The summed E-state index contributed by atoms with van der Waals surface area (Å²) in [5.41, 5.74) is -7.27. The summed E-state index contributed by atoms with van der Waals surface area (Å²) in [5, 5.41) is 86.5. The Balaban J connectivity index is 1.12. The minimum absolute atomic E-state index is 0.0411. The van der Waals surface area contributed by atoms with Gasteiger partial charge in [0.1, 0.15) is 22.9 Å². The van der Waals surface area contributed by atoms with Gasteiger partial charge in [-0.25, -0.2) is 0 Å². The maximum atomic E-state index is 15.7. The number of aliphatic hydroxyl groups is 6. The number of ketones is 1. The minimum atomic E-state index is -1.57. The number of fused-ring (bicyclic) bond motifs is 1. The van der Waals surface area contributed by atoms with E-state index in [2.05, 4.69) is 39.8 Å². The first kappa shape index (κ1) is 44.6.